The van der Waals surface area contributed by atoms with Crippen LogP contribution in [0.3, 0.4) is 0 Å². The minimum absolute atomic E-state index is 0.485. The number of para-hydroxylation sites is 1. The van der Waals surface area contributed by atoms with Crippen molar-refractivity contribution in [3.8, 4) is 5.75 Å². The number of hydrogen-bond donors (Lipinski definition) is 0. The molecule has 100 valence electrons. The Morgan fingerprint density at radius 1 is 1.37 bits per heavy atom. The lowest BCUT2D eigenvalue weighted by atomic mass is 9.97. The zero-order valence-corrected chi connectivity index (χ0v) is 11.7. The first-order valence-electron chi connectivity index (χ1n) is 6.65. The molecule has 1 aliphatic rings. The van der Waals surface area contributed by atoms with E-state index in [9.17, 15) is 0 Å². The van der Waals surface area contributed by atoms with Crippen LogP contribution in [0, 0.1) is 5.92 Å². The molecule has 3 nitrogen and oxygen atoms in total. The average Bonchev–Trinajstić information content (AvgIpc) is 2.74. The van der Waals surface area contributed by atoms with Crippen LogP contribution in [-0.4, -0.2) is 9.55 Å². The van der Waals surface area contributed by atoms with E-state index in [4.69, 9.17) is 16.3 Å². The van der Waals surface area contributed by atoms with Crippen LogP contribution >= 0.6 is 11.6 Å². The summed E-state index contributed by atoms with van der Waals surface area (Å²) < 4.78 is 7.89. The van der Waals surface area contributed by atoms with Gasteiger partial charge in [-0.15, -0.1) is 0 Å². The second kappa shape index (κ2) is 5.25. The van der Waals surface area contributed by atoms with Crippen molar-refractivity contribution in [1.29, 1.82) is 0 Å². The molecule has 0 aliphatic carbocycles. The van der Waals surface area contributed by atoms with Crippen LogP contribution < -0.4 is 4.74 Å². The average molecular weight is 277 g/mol. The molecule has 1 aliphatic heterocycles. The number of ether oxygens (including phenoxy) is 1. The number of imidazole rings is 1. The highest BCUT2D eigenvalue weighted by molar-refractivity contribution is 6.28. The highest BCUT2D eigenvalue weighted by atomic mass is 35.5. The van der Waals surface area contributed by atoms with Crippen LogP contribution in [-0.2, 0) is 19.6 Å². The molecule has 0 saturated heterocycles. The van der Waals surface area contributed by atoms with Crippen molar-refractivity contribution in [3.05, 3.63) is 47.0 Å². The van der Waals surface area contributed by atoms with Gasteiger partial charge >= 0.3 is 0 Å². The molecule has 0 saturated carbocycles. The van der Waals surface area contributed by atoms with E-state index in [0.29, 0.717) is 17.8 Å². The number of benzene rings is 1. The monoisotopic (exact) mass is 276 g/mol. The van der Waals surface area contributed by atoms with Crippen LogP contribution in [0.15, 0.2) is 30.3 Å². The fourth-order valence-corrected chi connectivity index (χ4v) is 2.81. The van der Waals surface area contributed by atoms with Gasteiger partial charge in [-0.25, -0.2) is 4.98 Å². The predicted molar refractivity (Wildman–Crippen MR) is 75.5 cm³/mol. The largest absolute Gasteiger partial charge is 0.487 e. The van der Waals surface area contributed by atoms with Gasteiger partial charge in [0.1, 0.15) is 18.1 Å². The van der Waals surface area contributed by atoms with E-state index in [-0.39, 0.29) is 0 Å². The van der Waals surface area contributed by atoms with Gasteiger partial charge < -0.3 is 9.30 Å². The van der Waals surface area contributed by atoms with Crippen LogP contribution in [0.5, 0.6) is 5.75 Å². The lowest BCUT2D eigenvalue weighted by Crippen LogP contribution is -2.18. The summed E-state index contributed by atoms with van der Waals surface area (Å²) in [6.45, 7) is 3.72. The molecule has 2 aromatic rings. The van der Waals surface area contributed by atoms with Gasteiger partial charge in [0.05, 0.1) is 0 Å². The lowest BCUT2D eigenvalue weighted by molar-refractivity contribution is 0.297. The van der Waals surface area contributed by atoms with E-state index in [2.05, 4.69) is 16.5 Å². The molecule has 1 unspecified atom stereocenters. The van der Waals surface area contributed by atoms with Gasteiger partial charge in [-0.3, -0.25) is 0 Å². The molecule has 2 heterocycles. The van der Waals surface area contributed by atoms with E-state index in [0.717, 1.165) is 24.4 Å². The molecule has 4 heteroatoms. The molecule has 0 N–H and O–H groups in total. The fourth-order valence-electron chi connectivity index (χ4n) is 2.52. The Labute approximate surface area is 118 Å². The van der Waals surface area contributed by atoms with Crippen LogP contribution in [0.25, 0.3) is 0 Å². The normalized spacial score (nSPS) is 18.1. The van der Waals surface area contributed by atoms with E-state index >= 15 is 0 Å². The molecule has 0 amide bonds. The molecule has 1 aromatic heterocycles. The molecule has 0 spiro atoms. The zero-order chi connectivity index (χ0) is 13.2. The minimum Gasteiger partial charge on any atom is -0.487 e. The summed E-state index contributed by atoms with van der Waals surface area (Å²) in [6, 6.07) is 9.81. The number of aromatic nitrogens is 2. The molecule has 1 atom stereocenters. The van der Waals surface area contributed by atoms with Gasteiger partial charge in [-0.05, 0) is 42.5 Å². The molecular formula is C15H17ClN2O. The van der Waals surface area contributed by atoms with E-state index in [1.54, 1.807) is 0 Å². The minimum atomic E-state index is 0.485. The summed E-state index contributed by atoms with van der Waals surface area (Å²) in [5.41, 5.74) is 2.21. The van der Waals surface area contributed by atoms with Crippen molar-refractivity contribution in [2.24, 2.45) is 5.92 Å². The smallest absolute Gasteiger partial charge is 0.203 e. The third-order valence-electron chi connectivity index (χ3n) is 3.61. The number of halogens is 1. The molecule has 1 aromatic carbocycles. The SMILES string of the molecule is CC1CCn2c(Cl)nc(COc3ccccc3)c2C1. The third-order valence-corrected chi connectivity index (χ3v) is 3.90. The molecule has 0 bridgehead atoms. The van der Waals surface area contributed by atoms with Gasteiger partial charge in [0.15, 0.2) is 0 Å². The third kappa shape index (κ3) is 2.61. The second-order valence-electron chi connectivity index (χ2n) is 5.13. The standard InChI is InChI=1S/C15H17ClN2O/c1-11-7-8-18-14(9-11)13(17-15(18)16)10-19-12-5-3-2-4-6-12/h2-6,11H,7-10H2,1H3. The Morgan fingerprint density at radius 3 is 2.95 bits per heavy atom. The van der Waals surface area contributed by atoms with Crippen molar-refractivity contribution in [1.82, 2.24) is 9.55 Å². The fraction of sp³-hybridized carbons (Fsp3) is 0.400. The van der Waals surface area contributed by atoms with Crippen molar-refractivity contribution >= 4 is 11.6 Å². The van der Waals surface area contributed by atoms with E-state index in [1.807, 2.05) is 30.3 Å². The van der Waals surface area contributed by atoms with Crippen LogP contribution in [0.4, 0.5) is 0 Å². The Kier molecular flexibility index (Phi) is 3.47. The van der Waals surface area contributed by atoms with Crippen LogP contribution in [0.2, 0.25) is 5.28 Å². The van der Waals surface area contributed by atoms with Gasteiger partial charge in [-0.2, -0.15) is 0 Å². The van der Waals surface area contributed by atoms with Gasteiger partial charge in [0.2, 0.25) is 5.28 Å². The van der Waals surface area contributed by atoms with Crippen molar-refractivity contribution < 1.29 is 4.74 Å². The summed E-state index contributed by atoms with van der Waals surface area (Å²) in [5.74, 6) is 1.56. The summed E-state index contributed by atoms with van der Waals surface area (Å²) >= 11 is 6.19. The number of hydrogen-bond acceptors (Lipinski definition) is 2. The zero-order valence-electron chi connectivity index (χ0n) is 11.0. The number of nitrogens with zero attached hydrogens (tertiary/aromatic N) is 2. The van der Waals surface area contributed by atoms with Crippen molar-refractivity contribution in [2.45, 2.75) is 32.9 Å². The summed E-state index contributed by atoms with van der Waals surface area (Å²) in [4.78, 5) is 4.45. The Bertz CT molecular complexity index is 565. The van der Waals surface area contributed by atoms with Crippen molar-refractivity contribution in [2.75, 3.05) is 0 Å². The molecule has 0 radical (unpaired) electrons. The molecular weight excluding hydrogens is 260 g/mol. The lowest BCUT2D eigenvalue weighted by Gasteiger charge is -2.21. The molecule has 3 rings (SSSR count). The highest BCUT2D eigenvalue weighted by Gasteiger charge is 2.22. The number of fused-ring (bicyclic) bond motifs is 1. The molecule has 19 heavy (non-hydrogen) atoms. The first-order valence-corrected chi connectivity index (χ1v) is 7.03. The second-order valence-corrected chi connectivity index (χ2v) is 5.46. The van der Waals surface area contributed by atoms with Gasteiger partial charge in [-0.1, -0.05) is 25.1 Å². The maximum Gasteiger partial charge on any atom is 0.203 e. The quantitative estimate of drug-likeness (QED) is 0.855. The highest BCUT2D eigenvalue weighted by Crippen LogP contribution is 2.27. The van der Waals surface area contributed by atoms with Crippen molar-refractivity contribution in [3.63, 3.8) is 0 Å². The summed E-state index contributed by atoms with van der Waals surface area (Å²) in [6.07, 6.45) is 2.20. The topological polar surface area (TPSA) is 27.1 Å². The maximum atomic E-state index is 6.19. The Hall–Kier alpha value is -1.48. The number of rotatable bonds is 3. The summed E-state index contributed by atoms with van der Waals surface area (Å²) in [7, 11) is 0. The van der Waals surface area contributed by atoms with Gasteiger partial charge in [0.25, 0.3) is 0 Å². The van der Waals surface area contributed by atoms with E-state index < -0.39 is 0 Å². The first kappa shape index (κ1) is 12.5. The Morgan fingerprint density at radius 2 is 2.16 bits per heavy atom. The van der Waals surface area contributed by atoms with E-state index in [1.165, 1.54) is 12.1 Å². The maximum absolute atomic E-state index is 6.19. The first-order chi connectivity index (χ1) is 9.24. The molecule has 0 fully saturated rings. The predicted octanol–water partition coefficient (Wildman–Crippen LogP) is 3.70. The Balaban J connectivity index is 1.78. The van der Waals surface area contributed by atoms with Crippen LogP contribution in [0.1, 0.15) is 24.7 Å². The summed E-state index contributed by atoms with van der Waals surface area (Å²) in [5, 5.41) is 0.591. The van der Waals surface area contributed by atoms with Gasteiger partial charge in [0, 0.05) is 12.2 Å².